The van der Waals surface area contributed by atoms with Crippen LogP contribution >= 0.6 is 0 Å². The van der Waals surface area contributed by atoms with Crippen molar-refractivity contribution in [1.29, 1.82) is 0 Å². The maximum atomic E-state index is 11.8. The molecule has 6 heteroatoms. The number of fused-ring (bicyclic) bond motifs is 9. The maximum Gasteiger partial charge on any atom is 0.140 e. The van der Waals surface area contributed by atoms with E-state index in [1.165, 1.54) is 190 Å². The summed E-state index contributed by atoms with van der Waals surface area (Å²) in [6, 6.07) is 98.0. The Bertz CT molecular complexity index is 4960. The molecule has 0 spiro atoms. The Balaban J connectivity index is 0.000000236. The maximum absolute atomic E-state index is 11.8. The summed E-state index contributed by atoms with van der Waals surface area (Å²) in [6.45, 7) is 15.3. The molecule has 111 heavy (non-hydrogen) atoms. The van der Waals surface area contributed by atoms with Crippen molar-refractivity contribution in [2.24, 2.45) is 0 Å². The SMILES string of the molecule is C.C.C.C.CCC(CC(C)n1c2ccccc2c2ccccc21)c1ccc(CCC(=O)CC(C)=O)cc1.CCCCCCCCC1(CCCCCCCC)c2cc(C)ccc2-c2ccc(-c3c4ccccc4c(C)c4cc5ccccc5cc34)cc21.[Ir].[c-]1ccccc1-c1ccccn1.[c-]1ccccc1-c1ccccn1. The van der Waals surface area contributed by atoms with E-state index in [2.05, 4.69) is 238 Å². The topological polar surface area (TPSA) is 64.8 Å². The average Bonchev–Trinajstić information content (AvgIpc) is 1.60. The Hall–Kier alpha value is -9.71. The molecule has 3 aromatic heterocycles. The summed E-state index contributed by atoms with van der Waals surface area (Å²) < 4.78 is 2.50. The van der Waals surface area contributed by atoms with Crippen molar-refractivity contribution < 1.29 is 29.7 Å². The summed E-state index contributed by atoms with van der Waals surface area (Å²) in [7, 11) is 0. The molecule has 0 amide bonds. The number of rotatable bonds is 27. The van der Waals surface area contributed by atoms with E-state index in [-0.39, 0.29) is 73.2 Å². The number of hydrogen-bond donors (Lipinski definition) is 0. The molecule has 3 heterocycles. The van der Waals surface area contributed by atoms with Gasteiger partial charge in [-0.05, 0) is 202 Å². The number of carbonyl (C=O) groups is 2. The van der Waals surface area contributed by atoms with E-state index in [0.29, 0.717) is 24.8 Å². The first kappa shape index (κ1) is 88.5. The molecule has 1 aliphatic carbocycles. The first-order valence-corrected chi connectivity index (χ1v) is 39.4. The smallest absolute Gasteiger partial charge is 0.140 e. The third kappa shape index (κ3) is 21.7. The molecule has 14 aromatic rings. The molecular formula is C105H121IrN3O2-2. The summed E-state index contributed by atoms with van der Waals surface area (Å²) in [5.74, 6) is 0.435. The number of carbonyl (C=O) groups excluding carboxylic acids is 2. The summed E-state index contributed by atoms with van der Waals surface area (Å²) in [6.07, 6.45) is 25.5. The molecule has 15 rings (SSSR count). The van der Waals surface area contributed by atoms with Crippen LogP contribution in [0.4, 0.5) is 0 Å². The molecule has 0 saturated heterocycles. The molecule has 579 valence electrons. The van der Waals surface area contributed by atoms with E-state index in [4.69, 9.17) is 0 Å². The van der Waals surface area contributed by atoms with Crippen molar-refractivity contribution in [3.05, 3.63) is 313 Å². The van der Waals surface area contributed by atoms with Crippen molar-refractivity contribution >= 4 is 65.7 Å². The van der Waals surface area contributed by atoms with Crippen LogP contribution in [0.3, 0.4) is 0 Å². The monoisotopic (exact) mass is 1650 g/mol. The van der Waals surface area contributed by atoms with Crippen molar-refractivity contribution in [2.45, 2.75) is 218 Å². The van der Waals surface area contributed by atoms with Gasteiger partial charge in [-0.15, -0.1) is 71.8 Å². The second-order valence-corrected chi connectivity index (χ2v) is 29.5. The van der Waals surface area contributed by atoms with Crippen molar-refractivity contribution in [2.75, 3.05) is 0 Å². The van der Waals surface area contributed by atoms with Crippen LogP contribution in [0.25, 0.3) is 98.9 Å². The largest absolute Gasteiger partial charge is 0.338 e. The van der Waals surface area contributed by atoms with Gasteiger partial charge in [0.2, 0.25) is 0 Å². The number of Topliss-reactive ketones (excluding diaryl/α,β-unsaturated/α-hetero) is 2. The van der Waals surface area contributed by atoms with Gasteiger partial charge < -0.3 is 14.5 Å². The van der Waals surface area contributed by atoms with Crippen LogP contribution in [-0.4, -0.2) is 26.1 Å². The second-order valence-electron chi connectivity index (χ2n) is 29.5. The van der Waals surface area contributed by atoms with Gasteiger partial charge >= 0.3 is 0 Å². The van der Waals surface area contributed by atoms with E-state index >= 15 is 0 Å². The van der Waals surface area contributed by atoms with Crippen LogP contribution in [0.5, 0.6) is 0 Å². The summed E-state index contributed by atoms with van der Waals surface area (Å²) in [4.78, 5) is 31.4. The van der Waals surface area contributed by atoms with Crippen LogP contribution in [0.2, 0.25) is 0 Å². The molecule has 1 radical (unpaired) electrons. The van der Waals surface area contributed by atoms with Gasteiger partial charge in [-0.2, -0.15) is 0 Å². The van der Waals surface area contributed by atoms with Crippen molar-refractivity contribution in [1.82, 2.24) is 14.5 Å². The van der Waals surface area contributed by atoms with Crippen LogP contribution in [0.15, 0.2) is 267 Å². The van der Waals surface area contributed by atoms with Crippen LogP contribution in [0, 0.1) is 26.0 Å². The van der Waals surface area contributed by atoms with Crippen LogP contribution in [-0.2, 0) is 41.5 Å². The summed E-state index contributed by atoms with van der Waals surface area (Å²) in [5.41, 5.74) is 20.9. The molecule has 11 aromatic carbocycles. The zero-order valence-electron chi connectivity index (χ0n) is 64.0. The predicted molar refractivity (Wildman–Crippen MR) is 477 cm³/mol. The first-order valence-electron chi connectivity index (χ1n) is 39.4. The number of ketones is 2. The Morgan fingerprint density at radius 2 is 0.946 bits per heavy atom. The minimum Gasteiger partial charge on any atom is -0.338 e. The number of hydrogen-bond acceptors (Lipinski definition) is 4. The number of para-hydroxylation sites is 2. The molecular weight excluding hydrogens is 1530 g/mol. The van der Waals surface area contributed by atoms with Gasteiger partial charge in [0.05, 0.1) is 6.42 Å². The van der Waals surface area contributed by atoms with E-state index in [1.54, 1.807) is 23.5 Å². The molecule has 2 atom stereocenters. The zero-order valence-corrected chi connectivity index (χ0v) is 66.4. The number of aromatic nitrogens is 3. The van der Waals surface area contributed by atoms with Gasteiger partial charge in [-0.1, -0.05) is 297 Å². The van der Waals surface area contributed by atoms with Gasteiger partial charge in [-0.25, -0.2) is 0 Å². The third-order valence-corrected chi connectivity index (χ3v) is 21.9. The molecule has 0 fully saturated rings. The Kier molecular flexibility index (Phi) is 34.9. The van der Waals surface area contributed by atoms with E-state index in [9.17, 15) is 9.59 Å². The van der Waals surface area contributed by atoms with Gasteiger partial charge in [0.15, 0.2) is 0 Å². The minimum atomic E-state index is -0.0569. The van der Waals surface area contributed by atoms with E-state index in [1.807, 2.05) is 84.9 Å². The number of aryl methyl sites for hydroxylation is 3. The third-order valence-electron chi connectivity index (χ3n) is 21.9. The van der Waals surface area contributed by atoms with E-state index in [0.717, 1.165) is 40.9 Å². The number of pyridine rings is 2. The Morgan fingerprint density at radius 1 is 0.468 bits per heavy atom. The van der Waals surface area contributed by atoms with Gasteiger partial charge in [0.1, 0.15) is 11.6 Å². The zero-order chi connectivity index (χ0) is 73.6. The van der Waals surface area contributed by atoms with Crippen LogP contribution < -0.4 is 0 Å². The van der Waals surface area contributed by atoms with Crippen molar-refractivity contribution in [3.63, 3.8) is 0 Å². The van der Waals surface area contributed by atoms with Crippen molar-refractivity contribution in [3.8, 4) is 44.8 Å². The number of nitrogens with zero attached hydrogens (tertiary/aromatic N) is 3. The van der Waals surface area contributed by atoms with E-state index < -0.39 is 0 Å². The Morgan fingerprint density at radius 3 is 1.46 bits per heavy atom. The molecule has 5 nitrogen and oxygen atoms in total. The quantitative estimate of drug-likeness (QED) is 0.0223. The standard InChI is InChI=1S/C49H56.C30H33NO2.2C11H8N.4CH4.Ir/c1-5-7-9-11-13-19-29-49(30-20-14-12-10-8-6-2)46-31-35(3)25-27-41(46)42-28-26-39(34-47(42)49)48-43-24-18-17-23-40(43)36(4)44-32-37-21-15-16-22-38(37)33-45(44)48;1-4-24(25-16-13-23(14-17-25)15-18-26(33)20-22(3)32)19-21(2)31-29-11-7-5-9-27(29)28-10-6-8-12-30(28)31;2*1-2-6-10(7-3-1)11-8-4-5-9-12-11;;;;;/h15-18,21-28,31-34H,5-14,19-20,29-30H2,1-4H3;5-14,16-17,21,24H,4,15,18-20H2,1-3H3;2*1-6,8-9H;4*1H4;/q;;2*-1;;;;;. The number of benzene rings is 11. The number of unbranched alkanes of at least 4 members (excludes halogenated alkanes) is 10. The summed E-state index contributed by atoms with van der Waals surface area (Å²) in [5, 5.41) is 10.7. The minimum absolute atomic E-state index is 0. The average molecular weight is 1650 g/mol. The second kappa shape index (κ2) is 43.8. The fourth-order valence-electron chi connectivity index (χ4n) is 16.5. The van der Waals surface area contributed by atoms with Gasteiger partial charge in [-0.3, -0.25) is 9.59 Å². The fraction of sp³-hybridized carbons (Fsp3) is 0.314. The Labute approximate surface area is 680 Å². The normalized spacial score (nSPS) is 12.0. The molecule has 0 saturated carbocycles. The molecule has 2 unspecified atom stereocenters. The molecule has 0 bridgehead atoms. The molecule has 0 aliphatic heterocycles. The summed E-state index contributed by atoms with van der Waals surface area (Å²) >= 11 is 0. The molecule has 0 N–H and O–H groups in total. The predicted octanol–water partition coefficient (Wildman–Crippen LogP) is 30.3. The van der Waals surface area contributed by atoms with Gasteiger partial charge in [0, 0.05) is 72.2 Å². The first-order chi connectivity index (χ1) is 52.0. The van der Waals surface area contributed by atoms with Crippen LogP contribution in [0.1, 0.15) is 225 Å². The molecule has 1 aliphatic rings. The fourth-order valence-corrected chi connectivity index (χ4v) is 16.5. The van der Waals surface area contributed by atoms with Gasteiger partial charge in [0.25, 0.3) is 0 Å².